The number of hydrogen-bond acceptors (Lipinski definition) is 6. The number of rotatable bonds is 9. The number of hydrogen-bond donors (Lipinski definition) is 1. The average Bonchev–Trinajstić information content (AvgIpc) is 3.47. The average molecular weight is 486 g/mol. The zero-order valence-corrected chi connectivity index (χ0v) is 19.5. The van der Waals surface area contributed by atoms with E-state index in [-0.39, 0.29) is 17.7 Å². The van der Waals surface area contributed by atoms with E-state index in [4.69, 9.17) is 20.8 Å². The topological polar surface area (TPSA) is 113 Å². The van der Waals surface area contributed by atoms with Gasteiger partial charge in [-0.05, 0) is 36.8 Å². The molecule has 0 aliphatic heterocycles. The number of amides is 1. The van der Waals surface area contributed by atoms with E-state index in [1.807, 2.05) is 6.92 Å². The van der Waals surface area contributed by atoms with Crippen LogP contribution < -0.4 is 21.3 Å². The number of imidazole rings is 1. The van der Waals surface area contributed by atoms with Gasteiger partial charge in [-0.25, -0.2) is 14.3 Å². The Bertz CT molecular complexity index is 1430. The molecule has 34 heavy (non-hydrogen) atoms. The summed E-state index contributed by atoms with van der Waals surface area (Å²) >= 11 is 6.03. The second-order valence-corrected chi connectivity index (χ2v) is 8.13. The summed E-state index contributed by atoms with van der Waals surface area (Å²) in [6.45, 7) is 2.14. The maximum atomic E-state index is 13.4. The van der Waals surface area contributed by atoms with Crippen molar-refractivity contribution in [2.75, 3.05) is 12.4 Å². The summed E-state index contributed by atoms with van der Waals surface area (Å²) in [5.74, 6) is 0.457. The highest BCUT2D eigenvalue weighted by atomic mass is 35.5. The molecule has 0 aliphatic rings. The molecule has 0 saturated carbocycles. The summed E-state index contributed by atoms with van der Waals surface area (Å²) in [5.41, 5.74) is -0.362. The lowest BCUT2D eigenvalue weighted by Gasteiger charge is -2.13. The maximum Gasteiger partial charge on any atom is 0.333 e. The van der Waals surface area contributed by atoms with Gasteiger partial charge in [-0.15, -0.1) is 0 Å². The van der Waals surface area contributed by atoms with Crippen molar-refractivity contribution in [3.63, 3.8) is 0 Å². The molecule has 0 fully saturated rings. The molecular weight excluding hydrogens is 462 g/mol. The smallest absolute Gasteiger partial charge is 0.333 e. The lowest BCUT2D eigenvalue weighted by Crippen LogP contribution is -2.43. The van der Waals surface area contributed by atoms with Crippen molar-refractivity contribution in [1.29, 1.82) is 0 Å². The number of nitrogens with zero attached hydrogens (tertiary/aromatic N) is 4. The fraction of sp³-hybridized carbons (Fsp3) is 0.304. The van der Waals surface area contributed by atoms with E-state index in [1.54, 1.807) is 35.1 Å². The van der Waals surface area contributed by atoms with Crippen LogP contribution in [0, 0.1) is 0 Å². The molecule has 0 unspecified atom stereocenters. The van der Waals surface area contributed by atoms with Gasteiger partial charge in [-0.1, -0.05) is 24.9 Å². The Kier molecular flexibility index (Phi) is 6.87. The van der Waals surface area contributed by atoms with Crippen LogP contribution in [0.2, 0.25) is 5.02 Å². The first-order valence-electron chi connectivity index (χ1n) is 10.8. The lowest BCUT2D eigenvalue weighted by molar-refractivity contribution is -0.116. The first-order chi connectivity index (χ1) is 16.4. The Morgan fingerprint density at radius 3 is 2.76 bits per heavy atom. The minimum atomic E-state index is -0.606. The van der Waals surface area contributed by atoms with E-state index in [0.29, 0.717) is 35.2 Å². The second kappa shape index (κ2) is 10.0. The van der Waals surface area contributed by atoms with Gasteiger partial charge < -0.3 is 19.0 Å². The van der Waals surface area contributed by atoms with Crippen molar-refractivity contribution in [1.82, 2.24) is 18.7 Å². The standard InChI is InChI=1S/C23H24ClN5O5/c1-3-4-9-28-21-20(27(14-25-21)12-16-6-5-10-34-16)22(31)29(23(28)32)13-19(30)26-17-11-15(24)7-8-18(17)33-2/h5-8,10-11,14H,3-4,9,12-13H2,1-2H3,(H,26,30). The molecule has 3 heterocycles. The summed E-state index contributed by atoms with van der Waals surface area (Å²) in [6.07, 6.45) is 4.59. The molecule has 4 aromatic rings. The van der Waals surface area contributed by atoms with Crippen molar-refractivity contribution in [3.05, 3.63) is 74.5 Å². The van der Waals surface area contributed by atoms with Crippen molar-refractivity contribution in [3.8, 4) is 5.75 Å². The minimum absolute atomic E-state index is 0.222. The van der Waals surface area contributed by atoms with Crippen molar-refractivity contribution in [2.24, 2.45) is 0 Å². The van der Waals surface area contributed by atoms with E-state index in [0.717, 1.165) is 11.0 Å². The third-order valence-electron chi connectivity index (χ3n) is 5.36. The number of aryl methyl sites for hydroxylation is 1. The normalized spacial score (nSPS) is 11.1. The molecule has 0 bridgehead atoms. The predicted molar refractivity (Wildman–Crippen MR) is 128 cm³/mol. The quantitative estimate of drug-likeness (QED) is 0.389. The molecule has 1 N–H and O–H groups in total. The number of furan rings is 1. The molecule has 11 heteroatoms. The SMILES string of the molecule is CCCCn1c(=O)n(CC(=O)Nc2cc(Cl)ccc2OC)c(=O)c2c1ncn2Cc1ccco1. The first-order valence-corrected chi connectivity index (χ1v) is 11.1. The third-order valence-corrected chi connectivity index (χ3v) is 5.60. The van der Waals surface area contributed by atoms with Crippen LogP contribution in [-0.4, -0.2) is 31.7 Å². The van der Waals surface area contributed by atoms with Gasteiger partial charge in [0.05, 0.1) is 31.9 Å². The first kappa shape index (κ1) is 23.4. The molecule has 178 valence electrons. The summed E-state index contributed by atoms with van der Waals surface area (Å²) in [7, 11) is 1.46. The van der Waals surface area contributed by atoms with Crippen molar-refractivity contribution >= 4 is 34.4 Å². The number of unbranched alkanes of at least 4 members (excludes halogenated alkanes) is 1. The summed E-state index contributed by atoms with van der Waals surface area (Å²) < 4.78 is 14.6. The lowest BCUT2D eigenvalue weighted by atomic mass is 10.3. The molecule has 3 aromatic heterocycles. The molecule has 10 nitrogen and oxygen atoms in total. The molecule has 1 amide bonds. The van der Waals surface area contributed by atoms with Gasteiger partial charge in [-0.2, -0.15) is 0 Å². The van der Waals surface area contributed by atoms with Gasteiger partial charge in [0.2, 0.25) is 5.91 Å². The van der Waals surface area contributed by atoms with Crippen LogP contribution in [0.15, 0.2) is 56.9 Å². The van der Waals surface area contributed by atoms with Gasteiger partial charge in [0.15, 0.2) is 11.2 Å². The Morgan fingerprint density at radius 2 is 2.06 bits per heavy atom. The fourth-order valence-electron chi connectivity index (χ4n) is 3.70. The van der Waals surface area contributed by atoms with Crippen molar-refractivity contribution < 1.29 is 13.9 Å². The highest BCUT2D eigenvalue weighted by Gasteiger charge is 2.20. The predicted octanol–water partition coefficient (Wildman–Crippen LogP) is 3.10. The molecule has 1 aromatic carbocycles. The van der Waals surface area contributed by atoms with Gasteiger partial charge in [0.25, 0.3) is 5.56 Å². The summed E-state index contributed by atoms with van der Waals surface area (Å²) in [4.78, 5) is 43.8. The van der Waals surface area contributed by atoms with E-state index in [2.05, 4.69) is 10.3 Å². The highest BCUT2D eigenvalue weighted by Crippen LogP contribution is 2.27. The molecule has 0 radical (unpaired) electrons. The number of halogens is 1. The molecule has 0 spiro atoms. The van der Waals surface area contributed by atoms with E-state index >= 15 is 0 Å². The number of methoxy groups -OCH3 is 1. The number of ether oxygens (including phenoxy) is 1. The largest absolute Gasteiger partial charge is 0.495 e. The highest BCUT2D eigenvalue weighted by molar-refractivity contribution is 6.31. The summed E-state index contributed by atoms with van der Waals surface area (Å²) in [6, 6.07) is 8.30. The summed E-state index contributed by atoms with van der Waals surface area (Å²) in [5, 5.41) is 3.07. The van der Waals surface area contributed by atoms with Crippen LogP contribution >= 0.6 is 11.6 Å². The minimum Gasteiger partial charge on any atom is -0.495 e. The monoisotopic (exact) mass is 485 g/mol. The maximum absolute atomic E-state index is 13.4. The molecule has 0 aliphatic carbocycles. The number of anilines is 1. The zero-order valence-electron chi connectivity index (χ0n) is 18.8. The number of carbonyl (C=O) groups excluding carboxylic acids is 1. The molecule has 0 atom stereocenters. The molecule has 0 saturated heterocycles. The Balaban J connectivity index is 1.75. The van der Waals surface area contributed by atoms with Crippen molar-refractivity contribution in [2.45, 2.75) is 39.4 Å². The van der Waals surface area contributed by atoms with Gasteiger partial charge in [-0.3, -0.25) is 14.2 Å². The number of benzene rings is 1. The van der Waals surface area contributed by atoms with Crippen LogP contribution in [0.4, 0.5) is 5.69 Å². The van der Waals surface area contributed by atoms with E-state index in [1.165, 1.54) is 24.1 Å². The fourth-order valence-corrected chi connectivity index (χ4v) is 3.87. The van der Waals surface area contributed by atoms with Gasteiger partial charge in [0, 0.05) is 11.6 Å². The Labute approximate surface area is 199 Å². The van der Waals surface area contributed by atoms with E-state index in [9.17, 15) is 14.4 Å². The number of fused-ring (bicyclic) bond motifs is 1. The molecular formula is C23H24ClN5O5. The zero-order chi connectivity index (χ0) is 24.2. The Hall–Kier alpha value is -3.79. The van der Waals surface area contributed by atoms with Gasteiger partial charge >= 0.3 is 5.69 Å². The number of aromatic nitrogens is 4. The second-order valence-electron chi connectivity index (χ2n) is 7.70. The third kappa shape index (κ3) is 4.62. The van der Waals surface area contributed by atoms with E-state index < -0.39 is 23.7 Å². The number of carbonyl (C=O) groups is 1. The van der Waals surface area contributed by atoms with Gasteiger partial charge in [0.1, 0.15) is 18.1 Å². The molecule has 4 rings (SSSR count). The van der Waals surface area contributed by atoms with Crippen LogP contribution in [-0.2, 0) is 24.4 Å². The Morgan fingerprint density at radius 1 is 1.24 bits per heavy atom. The van der Waals surface area contributed by atoms with Crippen LogP contribution in [0.3, 0.4) is 0 Å². The van der Waals surface area contributed by atoms with Crippen LogP contribution in [0.1, 0.15) is 25.5 Å². The number of nitrogens with one attached hydrogen (secondary N) is 1. The van der Waals surface area contributed by atoms with Crippen LogP contribution in [0.25, 0.3) is 11.2 Å². The van der Waals surface area contributed by atoms with Crippen LogP contribution in [0.5, 0.6) is 5.75 Å².